The van der Waals surface area contributed by atoms with Crippen molar-refractivity contribution >= 4 is 22.6 Å². The number of aryl methyl sites for hydroxylation is 1. The minimum absolute atomic E-state index is 0.00387. The van der Waals surface area contributed by atoms with Gasteiger partial charge in [0.25, 0.3) is 11.5 Å². The highest BCUT2D eigenvalue weighted by molar-refractivity contribution is 5.92. The first-order valence-corrected chi connectivity index (χ1v) is 12.0. The van der Waals surface area contributed by atoms with E-state index in [9.17, 15) is 22.8 Å². The molecule has 2 atom stereocenters. The number of pyridine rings is 1. The van der Waals surface area contributed by atoms with Gasteiger partial charge in [0.05, 0.1) is 22.8 Å². The van der Waals surface area contributed by atoms with Crippen LogP contribution in [0.15, 0.2) is 29.3 Å². The van der Waals surface area contributed by atoms with Crippen molar-refractivity contribution < 1.29 is 18.0 Å². The lowest BCUT2D eigenvalue weighted by molar-refractivity contribution is -0.136. The van der Waals surface area contributed by atoms with Crippen molar-refractivity contribution in [3.05, 3.63) is 52.0 Å². The third kappa shape index (κ3) is 4.45. The van der Waals surface area contributed by atoms with Gasteiger partial charge in [-0.25, -0.2) is 9.97 Å². The number of anilines is 1. The van der Waals surface area contributed by atoms with Gasteiger partial charge in [-0.2, -0.15) is 13.2 Å². The Hall–Kier alpha value is -3.41. The predicted octanol–water partition coefficient (Wildman–Crippen LogP) is 2.49. The highest BCUT2D eigenvalue weighted by Gasteiger charge is 2.37. The second kappa shape index (κ2) is 9.23. The van der Waals surface area contributed by atoms with E-state index in [1.165, 1.54) is 11.6 Å². The van der Waals surface area contributed by atoms with Crippen LogP contribution in [0.3, 0.4) is 0 Å². The Morgan fingerprint density at radius 2 is 1.92 bits per heavy atom. The number of H-pyrrole nitrogens is 1. The quantitative estimate of drug-likeness (QED) is 0.568. The van der Waals surface area contributed by atoms with Crippen LogP contribution in [-0.2, 0) is 13.2 Å². The Labute approximate surface area is 205 Å². The van der Waals surface area contributed by atoms with Crippen LogP contribution in [0, 0.1) is 0 Å². The molecule has 2 fully saturated rings. The summed E-state index contributed by atoms with van der Waals surface area (Å²) in [5.41, 5.74) is -0.277. The molecule has 2 N–H and O–H groups in total. The number of alkyl halides is 3. The third-order valence-electron chi connectivity index (χ3n) is 7.35. The standard InChI is InChI=1S/C24H28F3N7O2/c1-28-22(35)18-6-5-16(12-29-18)34-9-7-33(8-10-34)15-4-3-14(11-15)20-30-21-19(23(36)31-20)17(13-32(21)2)24(25,26)27/h5-6,12-15H,3-4,7-11H2,1-2H3,(H,28,35)(H,30,31,36)/t14?,15-/m1/s1. The van der Waals surface area contributed by atoms with Crippen molar-refractivity contribution in [1.29, 1.82) is 0 Å². The fourth-order valence-corrected chi connectivity index (χ4v) is 5.42. The summed E-state index contributed by atoms with van der Waals surface area (Å²) in [7, 11) is 3.05. The molecule has 1 saturated carbocycles. The highest BCUT2D eigenvalue weighted by atomic mass is 19.4. The third-order valence-corrected chi connectivity index (χ3v) is 7.35. The molecule has 5 rings (SSSR count). The molecule has 0 spiro atoms. The SMILES string of the molecule is CNC(=O)c1ccc(N2CCN([C@@H]3CCC(c4nc5c(c(C(F)(F)F)cn5C)c(=O)[nH]4)C3)CC2)cn1. The van der Waals surface area contributed by atoms with Crippen LogP contribution in [0.5, 0.6) is 0 Å². The highest BCUT2D eigenvalue weighted by Crippen LogP contribution is 2.37. The summed E-state index contributed by atoms with van der Waals surface area (Å²) in [6.45, 7) is 3.38. The predicted molar refractivity (Wildman–Crippen MR) is 128 cm³/mol. The molecule has 1 saturated heterocycles. The second-order valence-electron chi connectivity index (χ2n) is 9.47. The number of fused-ring (bicyclic) bond motifs is 1. The topological polar surface area (TPSA) is 99.1 Å². The van der Waals surface area contributed by atoms with E-state index in [0.717, 1.165) is 57.3 Å². The molecule has 1 amide bonds. The van der Waals surface area contributed by atoms with E-state index in [4.69, 9.17) is 0 Å². The lowest BCUT2D eigenvalue weighted by Crippen LogP contribution is -2.49. The number of aromatic amines is 1. The Bertz CT molecular complexity index is 1320. The Balaban J connectivity index is 1.24. The molecule has 0 bridgehead atoms. The zero-order chi connectivity index (χ0) is 25.6. The first-order valence-electron chi connectivity index (χ1n) is 12.0. The number of rotatable bonds is 4. The van der Waals surface area contributed by atoms with Crippen molar-refractivity contribution in [2.75, 3.05) is 38.1 Å². The van der Waals surface area contributed by atoms with Crippen LogP contribution in [0.25, 0.3) is 11.0 Å². The van der Waals surface area contributed by atoms with E-state index in [1.807, 2.05) is 6.07 Å². The summed E-state index contributed by atoms with van der Waals surface area (Å²) < 4.78 is 41.3. The molecule has 1 aliphatic carbocycles. The van der Waals surface area contributed by atoms with Crippen LogP contribution in [0.1, 0.15) is 47.1 Å². The molecule has 2 aliphatic rings. The number of hydrogen-bond donors (Lipinski definition) is 2. The molecule has 3 aromatic heterocycles. The van der Waals surface area contributed by atoms with Crippen molar-refractivity contribution in [1.82, 2.24) is 29.7 Å². The molecule has 36 heavy (non-hydrogen) atoms. The fourth-order valence-electron chi connectivity index (χ4n) is 5.42. The lowest BCUT2D eigenvalue weighted by atomic mass is 10.1. The average molecular weight is 504 g/mol. The summed E-state index contributed by atoms with van der Waals surface area (Å²) in [5, 5.41) is 2.16. The number of aromatic nitrogens is 4. The van der Waals surface area contributed by atoms with Gasteiger partial charge in [-0.15, -0.1) is 0 Å². The molecular formula is C24H28F3N7O2. The number of amides is 1. The number of nitrogens with zero attached hydrogens (tertiary/aromatic N) is 5. The van der Waals surface area contributed by atoms with Gasteiger partial charge in [-0.1, -0.05) is 0 Å². The van der Waals surface area contributed by atoms with Crippen LogP contribution >= 0.6 is 0 Å². The van der Waals surface area contributed by atoms with Gasteiger partial charge in [-0.3, -0.25) is 14.5 Å². The van der Waals surface area contributed by atoms with Gasteiger partial charge < -0.3 is 19.8 Å². The summed E-state index contributed by atoms with van der Waals surface area (Å²) in [4.78, 5) is 40.3. The van der Waals surface area contributed by atoms with Gasteiger partial charge in [0.15, 0.2) is 0 Å². The van der Waals surface area contributed by atoms with Crippen LogP contribution in [0.2, 0.25) is 0 Å². The maximum absolute atomic E-state index is 13.3. The molecule has 1 aliphatic heterocycles. The van der Waals surface area contributed by atoms with Crippen molar-refractivity contribution in [3.63, 3.8) is 0 Å². The fraction of sp³-hybridized carbons (Fsp3) is 0.500. The van der Waals surface area contributed by atoms with Crippen LogP contribution < -0.4 is 15.8 Å². The molecule has 1 unspecified atom stereocenters. The molecule has 0 aromatic carbocycles. The zero-order valence-electron chi connectivity index (χ0n) is 20.1. The zero-order valence-corrected chi connectivity index (χ0v) is 20.1. The minimum Gasteiger partial charge on any atom is -0.368 e. The smallest absolute Gasteiger partial charge is 0.368 e. The van der Waals surface area contributed by atoms with Crippen molar-refractivity contribution in [2.24, 2.45) is 7.05 Å². The summed E-state index contributed by atoms with van der Waals surface area (Å²) >= 11 is 0. The molecule has 3 aromatic rings. The largest absolute Gasteiger partial charge is 0.418 e. The number of hydrogen-bond acceptors (Lipinski definition) is 6. The Kier molecular flexibility index (Phi) is 6.23. The van der Waals surface area contributed by atoms with Crippen molar-refractivity contribution in [3.8, 4) is 0 Å². The monoisotopic (exact) mass is 503 g/mol. The van der Waals surface area contributed by atoms with E-state index in [0.29, 0.717) is 17.6 Å². The maximum Gasteiger partial charge on any atom is 0.418 e. The number of piperazine rings is 1. The normalized spacial score (nSPS) is 21.3. The van der Waals surface area contributed by atoms with Crippen molar-refractivity contribution in [2.45, 2.75) is 37.4 Å². The van der Waals surface area contributed by atoms with E-state index < -0.39 is 22.7 Å². The number of carbonyl (C=O) groups is 1. The minimum atomic E-state index is -4.61. The van der Waals surface area contributed by atoms with Gasteiger partial charge in [0.2, 0.25) is 0 Å². The maximum atomic E-state index is 13.3. The molecule has 9 nitrogen and oxygen atoms in total. The first-order chi connectivity index (χ1) is 17.2. The average Bonchev–Trinajstić information content (AvgIpc) is 3.49. The molecule has 192 valence electrons. The lowest BCUT2D eigenvalue weighted by Gasteiger charge is -2.39. The molecule has 4 heterocycles. The van der Waals surface area contributed by atoms with Gasteiger partial charge in [0, 0.05) is 58.4 Å². The number of halogens is 3. The van der Waals surface area contributed by atoms with Gasteiger partial charge >= 0.3 is 6.18 Å². The van der Waals surface area contributed by atoms with E-state index in [1.54, 1.807) is 19.3 Å². The van der Waals surface area contributed by atoms with Crippen LogP contribution in [-0.4, -0.2) is 69.6 Å². The van der Waals surface area contributed by atoms with E-state index in [2.05, 4.69) is 30.1 Å². The van der Waals surface area contributed by atoms with Gasteiger partial charge in [0.1, 0.15) is 17.2 Å². The Morgan fingerprint density at radius 3 is 2.56 bits per heavy atom. The molecule has 0 radical (unpaired) electrons. The van der Waals surface area contributed by atoms with Gasteiger partial charge in [-0.05, 0) is 31.4 Å². The van der Waals surface area contributed by atoms with E-state index in [-0.39, 0.29) is 17.5 Å². The number of nitrogens with one attached hydrogen (secondary N) is 2. The summed E-state index contributed by atoms with van der Waals surface area (Å²) in [5.74, 6) is 0.242. The summed E-state index contributed by atoms with van der Waals surface area (Å²) in [6.07, 6.45) is 0.593. The van der Waals surface area contributed by atoms with Crippen LogP contribution in [0.4, 0.5) is 18.9 Å². The number of carbonyl (C=O) groups excluding carboxylic acids is 1. The second-order valence-corrected chi connectivity index (χ2v) is 9.47. The van der Waals surface area contributed by atoms with E-state index >= 15 is 0 Å². The first kappa shape index (κ1) is 24.3. The summed E-state index contributed by atoms with van der Waals surface area (Å²) in [6, 6.07) is 3.95. The molecular weight excluding hydrogens is 475 g/mol. The Morgan fingerprint density at radius 1 is 1.17 bits per heavy atom. The molecule has 12 heteroatoms.